The highest BCUT2D eigenvalue weighted by atomic mass is 16.3. The number of aliphatic hydroxyl groups excluding tert-OH is 1. The van der Waals surface area contributed by atoms with Gasteiger partial charge in [0, 0.05) is 6.54 Å². The van der Waals surface area contributed by atoms with Crippen molar-refractivity contribution in [2.45, 2.75) is 32.9 Å². The van der Waals surface area contributed by atoms with E-state index in [0.717, 1.165) is 11.1 Å². The zero-order valence-electron chi connectivity index (χ0n) is 11.3. The minimum atomic E-state index is -0.713. The lowest BCUT2D eigenvalue weighted by molar-refractivity contribution is -0.139. The Kier molecular flexibility index (Phi) is 6.02. The number of aliphatic hydroxyl groups is 1. The van der Waals surface area contributed by atoms with Gasteiger partial charge < -0.3 is 15.7 Å². The van der Waals surface area contributed by atoms with Crippen LogP contribution in [0.2, 0.25) is 0 Å². The van der Waals surface area contributed by atoms with Gasteiger partial charge in [-0.3, -0.25) is 9.59 Å². The van der Waals surface area contributed by atoms with Gasteiger partial charge >= 0.3 is 11.8 Å². The van der Waals surface area contributed by atoms with Gasteiger partial charge in [-0.25, -0.2) is 0 Å². The highest BCUT2D eigenvalue weighted by Crippen LogP contribution is 2.05. The van der Waals surface area contributed by atoms with Crippen LogP contribution in [0.4, 0.5) is 0 Å². The maximum atomic E-state index is 11.6. The molecule has 5 heteroatoms. The average Bonchev–Trinajstić information content (AvgIpc) is 2.43. The van der Waals surface area contributed by atoms with E-state index in [9.17, 15) is 9.59 Å². The van der Waals surface area contributed by atoms with Crippen LogP contribution in [0.25, 0.3) is 0 Å². The van der Waals surface area contributed by atoms with Crippen LogP contribution in [-0.2, 0) is 16.1 Å². The van der Waals surface area contributed by atoms with Crippen molar-refractivity contribution in [1.82, 2.24) is 10.6 Å². The summed E-state index contributed by atoms with van der Waals surface area (Å²) in [7, 11) is 0. The van der Waals surface area contributed by atoms with E-state index in [4.69, 9.17) is 5.11 Å². The Morgan fingerprint density at radius 3 is 2.53 bits per heavy atom. The second-order valence-corrected chi connectivity index (χ2v) is 4.37. The van der Waals surface area contributed by atoms with E-state index in [2.05, 4.69) is 10.6 Å². The number of aryl methyl sites for hydroxylation is 1. The standard InChI is InChI=1S/C14H20N2O3/c1-3-12(9-17)16-14(19)13(18)15-8-11-7-5-4-6-10(11)2/h4-7,12,17H,3,8-9H2,1-2H3,(H,15,18)(H,16,19)/t12-/m1/s1. The second kappa shape index (κ2) is 7.53. The number of nitrogens with one attached hydrogen (secondary N) is 2. The Hall–Kier alpha value is -1.88. The number of benzene rings is 1. The van der Waals surface area contributed by atoms with Crippen molar-refractivity contribution in [3.63, 3.8) is 0 Å². The number of carbonyl (C=O) groups excluding carboxylic acids is 2. The molecule has 0 heterocycles. The lowest BCUT2D eigenvalue weighted by Crippen LogP contribution is -2.45. The minimum Gasteiger partial charge on any atom is -0.394 e. The molecule has 0 aromatic heterocycles. The van der Waals surface area contributed by atoms with Crippen LogP contribution >= 0.6 is 0 Å². The van der Waals surface area contributed by atoms with Gasteiger partial charge in [-0.2, -0.15) is 0 Å². The predicted molar refractivity (Wildman–Crippen MR) is 72.3 cm³/mol. The Labute approximate surface area is 113 Å². The number of rotatable bonds is 5. The molecule has 0 saturated heterocycles. The maximum Gasteiger partial charge on any atom is 0.309 e. The van der Waals surface area contributed by atoms with E-state index < -0.39 is 11.8 Å². The third-order valence-electron chi connectivity index (χ3n) is 2.96. The summed E-state index contributed by atoms with van der Waals surface area (Å²) in [6, 6.07) is 7.27. The number of amides is 2. The number of hydrogen-bond donors (Lipinski definition) is 3. The zero-order chi connectivity index (χ0) is 14.3. The fourth-order valence-corrected chi connectivity index (χ4v) is 1.59. The summed E-state index contributed by atoms with van der Waals surface area (Å²) in [5.41, 5.74) is 2.03. The van der Waals surface area contributed by atoms with E-state index in [1.165, 1.54) is 0 Å². The van der Waals surface area contributed by atoms with E-state index in [1.807, 2.05) is 38.1 Å². The van der Waals surface area contributed by atoms with Crippen molar-refractivity contribution in [1.29, 1.82) is 0 Å². The monoisotopic (exact) mass is 264 g/mol. The van der Waals surface area contributed by atoms with Gasteiger partial charge in [0.05, 0.1) is 12.6 Å². The molecule has 0 aliphatic carbocycles. The molecule has 0 fully saturated rings. The van der Waals surface area contributed by atoms with Gasteiger partial charge in [0.25, 0.3) is 0 Å². The largest absolute Gasteiger partial charge is 0.394 e. The quantitative estimate of drug-likeness (QED) is 0.678. The molecule has 0 spiro atoms. The summed E-state index contributed by atoms with van der Waals surface area (Å²) in [5, 5.41) is 14.0. The lowest BCUT2D eigenvalue weighted by Gasteiger charge is -2.13. The topological polar surface area (TPSA) is 78.4 Å². The summed E-state index contributed by atoms with van der Waals surface area (Å²) < 4.78 is 0. The fraction of sp³-hybridized carbons (Fsp3) is 0.429. The molecule has 1 aromatic carbocycles. The maximum absolute atomic E-state index is 11.6. The van der Waals surface area contributed by atoms with Crippen molar-refractivity contribution >= 4 is 11.8 Å². The molecule has 0 aliphatic heterocycles. The molecule has 0 saturated carbocycles. The molecule has 0 aliphatic rings. The average molecular weight is 264 g/mol. The van der Waals surface area contributed by atoms with E-state index in [-0.39, 0.29) is 12.6 Å². The summed E-state index contributed by atoms with van der Waals surface area (Å²) in [6.07, 6.45) is 0.577. The first kappa shape index (κ1) is 15.2. The van der Waals surface area contributed by atoms with Crippen LogP contribution in [0.15, 0.2) is 24.3 Å². The van der Waals surface area contributed by atoms with Crippen LogP contribution in [0.1, 0.15) is 24.5 Å². The van der Waals surface area contributed by atoms with Crippen LogP contribution in [0, 0.1) is 6.92 Å². The van der Waals surface area contributed by atoms with Gasteiger partial charge in [-0.15, -0.1) is 0 Å². The van der Waals surface area contributed by atoms with Gasteiger partial charge in [0.15, 0.2) is 0 Å². The van der Waals surface area contributed by atoms with Gasteiger partial charge in [0.1, 0.15) is 0 Å². The van der Waals surface area contributed by atoms with Crippen LogP contribution in [0.3, 0.4) is 0 Å². The molecule has 5 nitrogen and oxygen atoms in total. The molecule has 0 unspecified atom stereocenters. The molecular weight excluding hydrogens is 244 g/mol. The van der Waals surface area contributed by atoms with Crippen molar-refractivity contribution in [3.05, 3.63) is 35.4 Å². The fourth-order valence-electron chi connectivity index (χ4n) is 1.59. The number of carbonyl (C=O) groups is 2. The minimum absolute atomic E-state index is 0.173. The Morgan fingerprint density at radius 2 is 1.95 bits per heavy atom. The van der Waals surface area contributed by atoms with Crippen LogP contribution in [0.5, 0.6) is 0 Å². The zero-order valence-corrected chi connectivity index (χ0v) is 11.3. The first-order valence-electron chi connectivity index (χ1n) is 6.32. The molecule has 1 rings (SSSR count). The first-order valence-corrected chi connectivity index (χ1v) is 6.32. The third-order valence-corrected chi connectivity index (χ3v) is 2.96. The van der Waals surface area contributed by atoms with Crippen LogP contribution in [-0.4, -0.2) is 29.6 Å². The predicted octanol–water partition coefficient (Wildman–Crippen LogP) is 0.498. The van der Waals surface area contributed by atoms with Crippen LogP contribution < -0.4 is 10.6 Å². The summed E-state index contributed by atoms with van der Waals surface area (Å²) >= 11 is 0. The first-order chi connectivity index (χ1) is 9.08. The van der Waals surface area contributed by atoms with Gasteiger partial charge in [0.2, 0.25) is 0 Å². The summed E-state index contributed by atoms with van der Waals surface area (Å²) in [4.78, 5) is 23.1. The highest BCUT2D eigenvalue weighted by Gasteiger charge is 2.16. The smallest absolute Gasteiger partial charge is 0.309 e. The Morgan fingerprint density at radius 1 is 1.26 bits per heavy atom. The highest BCUT2D eigenvalue weighted by molar-refractivity contribution is 6.35. The molecule has 1 aromatic rings. The molecule has 19 heavy (non-hydrogen) atoms. The Balaban J connectivity index is 2.47. The molecule has 1 atom stereocenters. The van der Waals surface area contributed by atoms with Crippen molar-refractivity contribution in [2.24, 2.45) is 0 Å². The molecule has 0 radical (unpaired) electrons. The van der Waals surface area contributed by atoms with Crippen molar-refractivity contribution in [2.75, 3.05) is 6.61 Å². The SMILES string of the molecule is CC[C@H](CO)NC(=O)C(=O)NCc1ccccc1C. The normalized spacial score (nSPS) is 11.7. The third kappa shape index (κ3) is 4.71. The molecule has 2 amide bonds. The van der Waals surface area contributed by atoms with Gasteiger partial charge in [-0.1, -0.05) is 31.2 Å². The molecule has 0 bridgehead atoms. The van der Waals surface area contributed by atoms with Crippen molar-refractivity contribution in [3.8, 4) is 0 Å². The second-order valence-electron chi connectivity index (χ2n) is 4.37. The summed E-state index contributed by atoms with van der Waals surface area (Å²) in [6.45, 7) is 3.91. The van der Waals surface area contributed by atoms with E-state index >= 15 is 0 Å². The van der Waals surface area contributed by atoms with Gasteiger partial charge in [-0.05, 0) is 24.5 Å². The molecule has 104 valence electrons. The van der Waals surface area contributed by atoms with Crippen molar-refractivity contribution < 1.29 is 14.7 Å². The Bertz CT molecular complexity index is 442. The lowest BCUT2D eigenvalue weighted by atomic mass is 10.1. The molecular formula is C14H20N2O3. The molecule has 3 N–H and O–H groups in total. The van der Waals surface area contributed by atoms with E-state index in [0.29, 0.717) is 13.0 Å². The summed E-state index contributed by atoms with van der Waals surface area (Å²) in [5.74, 6) is -1.40. The van der Waals surface area contributed by atoms with E-state index in [1.54, 1.807) is 0 Å². The number of hydrogen-bond acceptors (Lipinski definition) is 3.